The highest BCUT2D eigenvalue weighted by Crippen LogP contribution is 2.28. The molecule has 0 radical (unpaired) electrons. The number of aldehydes is 1. The van der Waals surface area contributed by atoms with Crippen LogP contribution in [0.25, 0.3) is 17.4 Å². The summed E-state index contributed by atoms with van der Waals surface area (Å²) in [6, 6.07) is 9.02. The maximum absolute atomic E-state index is 10.5. The van der Waals surface area contributed by atoms with E-state index in [0.717, 1.165) is 16.9 Å². The van der Waals surface area contributed by atoms with Crippen molar-refractivity contribution in [3.63, 3.8) is 0 Å². The number of rotatable bonds is 4. The fraction of sp³-hybridized carbons (Fsp3) is 0.0714. The molecule has 1 aromatic heterocycles. The average Bonchev–Trinajstić information content (AvgIpc) is 2.86. The number of benzene rings is 1. The van der Waals surface area contributed by atoms with Gasteiger partial charge < -0.3 is 9.15 Å². The van der Waals surface area contributed by atoms with Gasteiger partial charge >= 0.3 is 0 Å². The molecule has 0 bridgehead atoms. The zero-order valence-electron chi connectivity index (χ0n) is 9.47. The highest BCUT2D eigenvalue weighted by Gasteiger charge is 2.07. The van der Waals surface area contributed by atoms with Gasteiger partial charge in [-0.3, -0.25) is 4.79 Å². The summed E-state index contributed by atoms with van der Waals surface area (Å²) in [5.41, 5.74) is 1.77. The van der Waals surface area contributed by atoms with Crippen LogP contribution >= 0.6 is 0 Å². The van der Waals surface area contributed by atoms with Gasteiger partial charge in [0.2, 0.25) is 0 Å². The van der Waals surface area contributed by atoms with Crippen molar-refractivity contribution >= 4 is 12.4 Å². The minimum Gasteiger partial charge on any atom is -0.496 e. The van der Waals surface area contributed by atoms with Crippen molar-refractivity contribution in [2.45, 2.75) is 0 Å². The molecule has 0 N–H and O–H groups in total. The molecule has 0 saturated heterocycles. The number of hydrogen-bond acceptors (Lipinski definition) is 3. The van der Waals surface area contributed by atoms with Gasteiger partial charge in [-0.1, -0.05) is 12.7 Å². The first-order valence-corrected chi connectivity index (χ1v) is 5.14. The molecule has 0 spiro atoms. The number of methoxy groups -OCH3 is 1. The van der Waals surface area contributed by atoms with Crippen LogP contribution < -0.4 is 4.74 Å². The molecule has 2 rings (SSSR count). The van der Waals surface area contributed by atoms with Crippen LogP contribution in [0.1, 0.15) is 16.1 Å². The van der Waals surface area contributed by atoms with Crippen molar-refractivity contribution < 1.29 is 13.9 Å². The molecule has 0 aliphatic heterocycles. The highest BCUT2D eigenvalue weighted by molar-refractivity contribution is 5.73. The lowest BCUT2D eigenvalue weighted by Gasteiger charge is -2.06. The van der Waals surface area contributed by atoms with Crippen LogP contribution in [-0.4, -0.2) is 13.4 Å². The molecule has 1 heterocycles. The van der Waals surface area contributed by atoms with E-state index in [1.807, 2.05) is 18.2 Å². The van der Waals surface area contributed by atoms with Gasteiger partial charge in [0.1, 0.15) is 11.5 Å². The Balaban J connectivity index is 2.45. The summed E-state index contributed by atoms with van der Waals surface area (Å²) in [7, 11) is 1.61. The van der Waals surface area contributed by atoms with E-state index in [4.69, 9.17) is 9.15 Å². The fourth-order valence-electron chi connectivity index (χ4n) is 1.62. The summed E-state index contributed by atoms with van der Waals surface area (Å²) < 4.78 is 10.5. The molecule has 0 aliphatic rings. The minimum atomic E-state index is 0.316. The summed E-state index contributed by atoms with van der Waals surface area (Å²) in [6.07, 6.45) is 2.40. The lowest BCUT2D eigenvalue weighted by molar-refractivity contribution is 0.110. The third kappa shape index (κ3) is 2.13. The van der Waals surface area contributed by atoms with E-state index in [9.17, 15) is 4.79 Å². The number of carbonyl (C=O) groups is 1. The van der Waals surface area contributed by atoms with Gasteiger partial charge in [-0.15, -0.1) is 0 Å². The van der Waals surface area contributed by atoms with Crippen LogP contribution in [0, 0.1) is 0 Å². The molecule has 86 valence electrons. The Hall–Kier alpha value is -2.29. The van der Waals surface area contributed by atoms with Crippen molar-refractivity contribution in [2.75, 3.05) is 7.11 Å². The van der Waals surface area contributed by atoms with Crippen LogP contribution in [0.4, 0.5) is 0 Å². The number of hydrogen-bond donors (Lipinski definition) is 0. The SMILES string of the molecule is C=Cc1cc(-c2ccc(C=O)o2)ccc1OC. The van der Waals surface area contributed by atoms with Crippen molar-refractivity contribution in [3.05, 3.63) is 48.2 Å². The predicted molar refractivity (Wildman–Crippen MR) is 66.2 cm³/mol. The average molecular weight is 228 g/mol. The lowest BCUT2D eigenvalue weighted by atomic mass is 10.1. The van der Waals surface area contributed by atoms with E-state index in [1.165, 1.54) is 0 Å². The van der Waals surface area contributed by atoms with Crippen LogP contribution in [0.15, 0.2) is 41.3 Å². The molecule has 0 atom stereocenters. The summed E-state index contributed by atoms with van der Waals surface area (Å²) in [4.78, 5) is 10.5. The van der Waals surface area contributed by atoms with Gasteiger partial charge in [-0.2, -0.15) is 0 Å². The standard InChI is InChI=1S/C14H12O3/c1-3-10-8-11(4-6-13(10)16-2)14-7-5-12(9-15)17-14/h3-9H,1H2,2H3. The van der Waals surface area contributed by atoms with Gasteiger partial charge in [0, 0.05) is 11.1 Å². The van der Waals surface area contributed by atoms with Gasteiger partial charge in [0.25, 0.3) is 0 Å². The molecular weight excluding hydrogens is 216 g/mol. The maximum atomic E-state index is 10.5. The van der Waals surface area contributed by atoms with E-state index in [-0.39, 0.29) is 0 Å². The summed E-state index contributed by atoms with van der Waals surface area (Å²) in [5.74, 6) is 1.72. The van der Waals surface area contributed by atoms with Gasteiger partial charge in [-0.25, -0.2) is 0 Å². The second kappa shape index (κ2) is 4.70. The molecule has 3 heteroatoms. The fourth-order valence-corrected chi connectivity index (χ4v) is 1.62. The first kappa shape index (κ1) is 11.2. The zero-order chi connectivity index (χ0) is 12.3. The Morgan fingerprint density at radius 1 is 1.29 bits per heavy atom. The van der Waals surface area contributed by atoms with Crippen molar-refractivity contribution in [1.82, 2.24) is 0 Å². The molecular formula is C14H12O3. The van der Waals surface area contributed by atoms with Crippen molar-refractivity contribution in [2.24, 2.45) is 0 Å². The first-order chi connectivity index (χ1) is 8.28. The topological polar surface area (TPSA) is 39.4 Å². The quantitative estimate of drug-likeness (QED) is 0.753. The molecule has 3 nitrogen and oxygen atoms in total. The van der Waals surface area contributed by atoms with E-state index in [0.29, 0.717) is 17.8 Å². The largest absolute Gasteiger partial charge is 0.496 e. The predicted octanol–water partition coefficient (Wildman–Crippen LogP) is 3.41. The van der Waals surface area contributed by atoms with E-state index in [1.54, 1.807) is 25.3 Å². The number of carbonyl (C=O) groups excluding carboxylic acids is 1. The third-order valence-electron chi connectivity index (χ3n) is 2.48. The normalized spacial score (nSPS) is 9.94. The number of furan rings is 1. The van der Waals surface area contributed by atoms with E-state index < -0.39 is 0 Å². The Morgan fingerprint density at radius 2 is 2.12 bits per heavy atom. The molecule has 0 unspecified atom stereocenters. The van der Waals surface area contributed by atoms with E-state index >= 15 is 0 Å². The summed E-state index contributed by atoms with van der Waals surface area (Å²) >= 11 is 0. The van der Waals surface area contributed by atoms with Crippen molar-refractivity contribution in [3.8, 4) is 17.1 Å². The molecule has 0 fully saturated rings. The molecule has 17 heavy (non-hydrogen) atoms. The summed E-state index contributed by atoms with van der Waals surface area (Å²) in [5, 5.41) is 0. The molecule has 0 aliphatic carbocycles. The van der Waals surface area contributed by atoms with Crippen LogP contribution in [0.3, 0.4) is 0 Å². The molecule has 0 amide bonds. The van der Waals surface area contributed by atoms with Gasteiger partial charge in [0.15, 0.2) is 12.0 Å². The Bertz CT molecular complexity index is 552. The Morgan fingerprint density at radius 3 is 2.71 bits per heavy atom. The lowest BCUT2D eigenvalue weighted by Crippen LogP contribution is -1.87. The van der Waals surface area contributed by atoms with Crippen LogP contribution in [0.5, 0.6) is 5.75 Å². The summed E-state index contributed by atoms with van der Waals surface area (Å²) in [6.45, 7) is 3.73. The second-order valence-electron chi connectivity index (χ2n) is 3.48. The Labute approximate surface area is 99.3 Å². The van der Waals surface area contributed by atoms with Gasteiger partial charge in [0.05, 0.1) is 7.11 Å². The number of ether oxygens (including phenoxy) is 1. The Kier molecular flexibility index (Phi) is 3.10. The second-order valence-corrected chi connectivity index (χ2v) is 3.48. The van der Waals surface area contributed by atoms with Crippen molar-refractivity contribution in [1.29, 1.82) is 0 Å². The highest BCUT2D eigenvalue weighted by atomic mass is 16.5. The van der Waals surface area contributed by atoms with E-state index in [2.05, 4.69) is 6.58 Å². The first-order valence-electron chi connectivity index (χ1n) is 5.14. The molecule has 1 aromatic carbocycles. The third-order valence-corrected chi connectivity index (χ3v) is 2.48. The molecule has 2 aromatic rings. The minimum absolute atomic E-state index is 0.316. The zero-order valence-corrected chi connectivity index (χ0v) is 9.47. The monoisotopic (exact) mass is 228 g/mol. The molecule has 0 saturated carbocycles. The van der Waals surface area contributed by atoms with Gasteiger partial charge in [-0.05, 0) is 30.3 Å². The van der Waals surface area contributed by atoms with Crippen LogP contribution in [0.2, 0.25) is 0 Å². The van der Waals surface area contributed by atoms with Crippen LogP contribution in [-0.2, 0) is 0 Å². The smallest absolute Gasteiger partial charge is 0.185 e. The maximum Gasteiger partial charge on any atom is 0.185 e.